The summed E-state index contributed by atoms with van der Waals surface area (Å²) in [6.45, 7) is 3.29. The summed E-state index contributed by atoms with van der Waals surface area (Å²) in [6.07, 6.45) is 0. The van der Waals surface area contributed by atoms with Crippen LogP contribution >= 0.6 is 0 Å². The second-order valence-corrected chi connectivity index (χ2v) is 15.6. The summed E-state index contributed by atoms with van der Waals surface area (Å²) in [5.41, 5.74) is 16.4. The minimum atomic E-state index is -0.654. The largest absolute Gasteiger partial charge is 0.310 e. The molecule has 0 atom stereocenters. The fourth-order valence-corrected chi connectivity index (χ4v) is 9.59. The molecule has 1 heteroatoms. The Hall–Kier alpha value is -6.96. The van der Waals surface area contributed by atoms with E-state index in [1.54, 1.807) is 12.1 Å². The summed E-state index contributed by atoms with van der Waals surface area (Å²) < 4.78 is 48.2. The Bertz CT molecular complexity index is 3060. The van der Waals surface area contributed by atoms with Crippen molar-refractivity contribution < 1.29 is 8.22 Å². The van der Waals surface area contributed by atoms with Crippen molar-refractivity contribution in [3.8, 4) is 33.4 Å². The van der Waals surface area contributed by atoms with Crippen LogP contribution < -0.4 is 4.90 Å². The van der Waals surface area contributed by atoms with Crippen LogP contribution in [0.4, 0.5) is 17.1 Å². The highest BCUT2D eigenvalue weighted by Crippen LogP contribution is 2.57. The Balaban J connectivity index is 1.19. The number of anilines is 3. The highest BCUT2D eigenvalue weighted by molar-refractivity contribution is 5.91. The zero-order valence-electron chi connectivity index (χ0n) is 37.8. The van der Waals surface area contributed by atoms with E-state index in [9.17, 15) is 0 Å². The SMILES string of the molecule is [2H]C([2H])=C([2H])c1cc(C([2H])=C([2H])[2H])cc(-c2ccc(N(c3ccc4c(c3)C(C)(C)c3ccccc3-4)c3ccc4c(c3)C(c3ccccc3)(c3ccccc3)c3ccccc3-4)cc2)c1. The smallest absolute Gasteiger partial charge is 0.0714 e. The number of rotatable bonds is 8. The lowest BCUT2D eigenvalue weighted by Gasteiger charge is -2.35. The molecule has 0 unspecified atom stereocenters. The number of benzene rings is 8. The van der Waals surface area contributed by atoms with E-state index in [2.05, 4.69) is 176 Å². The minimum Gasteiger partial charge on any atom is -0.310 e. The van der Waals surface area contributed by atoms with Crippen molar-refractivity contribution in [1.82, 2.24) is 0 Å². The van der Waals surface area contributed by atoms with Gasteiger partial charge in [-0.25, -0.2) is 0 Å². The van der Waals surface area contributed by atoms with Crippen molar-refractivity contribution in [2.24, 2.45) is 0 Å². The molecule has 0 aliphatic heterocycles. The van der Waals surface area contributed by atoms with E-state index in [1.807, 2.05) is 12.1 Å². The van der Waals surface area contributed by atoms with Gasteiger partial charge in [-0.1, -0.05) is 172 Å². The van der Waals surface area contributed by atoms with Crippen molar-refractivity contribution in [3.63, 3.8) is 0 Å². The summed E-state index contributed by atoms with van der Waals surface area (Å²) in [5.74, 6) is 0. The van der Waals surface area contributed by atoms with Crippen molar-refractivity contribution in [1.29, 1.82) is 0 Å². The number of hydrogen-bond acceptors (Lipinski definition) is 1. The van der Waals surface area contributed by atoms with E-state index in [0.29, 0.717) is 5.56 Å². The fraction of sp³-hybridized carbons (Fsp3) is 0.0714. The Morgan fingerprint density at radius 3 is 1.51 bits per heavy atom. The van der Waals surface area contributed by atoms with Crippen LogP contribution in [-0.2, 0) is 10.8 Å². The Kier molecular flexibility index (Phi) is 6.67. The van der Waals surface area contributed by atoms with Crippen LogP contribution in [0.25, 0.3) is 45.5 Å². The average Bonchev–Trinajstić information content (AvgIpc) is 3.74. The van der Waals surface area contributed by atoms with Gasteiger partial charge in [-0.2, -0.15) is 0 Å². The van der Waals surface area contributed by atoms with Gasteiger partial charge >= 0.3 is 0 Å². The maximum absolute atomic E-state index is 8.44. The Morgan fingerprint density at radius 2 is 0.912 bits per heavy atom. The van der Waals surface area contributed by atoms with Gasteiger partial charge in [0.1, 0.15) is 0 Å². The first kappa shape index (κ1) is 28.4. The number of fused-ring (bicyclic) bond motifs is 6. The van der Waals surface area contributed by atoms with Crippen molar-refractivity contribution in [2.45, 2.75) is 24.7 Å². The molecule has 0 bridgehead atoms. The summed E-state index contributed by atoms with van der Waals surface area (Å²) in [6, 6.07) is 65.3. The normalized spacial score (nSPS) is 15.2. The number of hydrogen-bond donors (Lipinski definition) is 0. The highest BCUT2D eigenvalue weighted by atomic mass is 15.1. The van der Waals surface area contributed by atoms with Crippen LogP contribution in [0.2, 0.25) is 0 Å². The van der Waals surface area contributed by atoms with Gasteiger partial charge in [0, 0.05) is 22.5 Å². The molecule has 0 fully saturated rings. The van der Waals surface area contributed by atoms with Gasteiger partial charge in [0.2, 0.25) is 0 Å². The molecule has 2 aliphatic carbocycles. The summed E-state index contributed by atoms with van der Waals surface area (Å²) in [7, 11) is 0. The van der Waals surface area contributed by atoms with E-state index in [0.717, 1.165) is 22.6 Å². The fourth-order valence-electron chi connectivity index (χ4n) is 9.59. The van der Waals surface area contributed by atoms with Crippen LogP contribution in [-0.4, -0.2) is 0 Å². The molecule has 8 aromatic rings. The predicted octanol–water partition coefficient (Wildman–Crippen LogP) is 14.8. The quantitative estimate of drug-likeness (QED) is 0.150. The molecule has 0 radical (unpaired) electrons. The van der Waals surface area contributed by atoms with Gasteiger partial charge in [0.05, 0.1) is 13.6 Å². The van der Waals surface area contributed by atoms with Crippen LogP contribution in [0.3, 0.4) is 0 Å². The van der Waals surface area contributed by atoms with Gasteiger partial charge in [0.25, 0.3) is 0 Å². The molecule has 0 saturated heterocycles. The monoisotopic (exact) mass is 735 g/mol. The van der Waals surface area contributed by atoms with E-state index in [1.165, 1.54) is 61.7 Å². The molecular formula is C56H43N. The maximum Gasteiger partial charge on any atom is 0.0714 e. The average molecular weight is 736 g/mol. The third-order valence-electron chi connectivity index (χ3n) is 12.2. The summed E-state index contributed by atoms with van der Waals surface area (Å²) >= 11 is 0. The van der Waals surface area contributed by atoms with Gasteiger partial charge in [-0.3, -0.25) is 0 Å². The predicted molar refractivity (Wildman–Crippen MR) is 242 cm³/mol. The van der Waals surface area contributed by atoms with E-state index >= 15 is 0 Å². The molecule has 57 heavy (non-hydrogen) atoms. The lowest BCUT2D eigenvalue weighted by molar-refractivity contribution is 0.660. The molecule has 0 aromatic heterocycles. The second-order valence-electron chi connectivity index (χ2n) is 15.6. The zero-order chi connectivity index (χ0) is 43.6. The zero-order valence-corrected chi connectivity index (χ0v) is 31.8. The lowest BCUT2D eigenvalue weighted by Crippen LogP contribution is -2.28. The molecule has 2 aliphatic rings. The third kappa shape index (κ3) is 5.30. The van der Waals surface area contributed by atoms with Crippen molar-refractivity contribution in [2.75, 3.05) is 4.90 Å². The first-order valence-corrected chi connectivity index (χ1v) is 19.4. The summed E-state index contributed by atoms with van der Waals surface area (Å²) in [5, 5.41) is 0. The standard InChI is InChI=1S/C56H43N/c1-5-38-33-39(6-2)35-41(34-38)40-25-27-44(28-26-40)57(45-29-31-49-47-21-13-15-23-51(47)55(3,4)53(49)36-45)46-30-32-50-48-22-14-16-24-52(48)56(54(50)37-46,42-17-9-7-10-18-42)43-19-11-8-12-20-43/h5-37H,1-2H2,3-4H3/i1D2,2D2,5D,6D. The van der Waals surface area contributed by atoms with Gasteiger partial charge in [-0.05, 0) is 132 Å². The molecule has 10 rings (SSSR count). The molecule has 0 N–H and O–H groups in total. The van der Waals surface area contributed by atoms with E-state index in [4.69, 9.17) is 8.22 Å². The third-order valence-corrected chi connectivity index (χ3v) is 12.2. The van der Waals surface area contributed by atoms with E-state index < -0.39 is 18.5 Å². The molecule has 0 spiro atoms. The van der Waals surface area contributed by atoms with Crippen LogP contribution in [0.15, 0.2) is 201 Å². The molecule has 1 nitrogen and oxygen atoms in total. The first-order valence-electron chi connectivity index (χ1n) is 22.4. The Morgan fingerprint density at radius 1 is 0.439 bits per heavy atom. The molecule has 0 amide bonds. The van der Waals surface area contributed by atoms with Gasteiger partial charge < -0.3 is 4.90 Å². The second kappa shape index (κ2) is 13.4. The minimum absolute atomic E-state index is 0.220. The van der Waals surface area contributed by atoms with Crippen LogP contribution in [0, 0.1) is 0 Å². The molecular weight excluding hydrogens is 687 g/mol. The van der Waals surface area contributed by atoms with Gasteiger partial charge in [0.15, 0.2) is 0 Å². The molecule has 272 valence electrons. The number of nitrogens with zero attached hydrogens (tertiary/aromatic N) is 1. The van der Waals surface area contributed by atoms with Gasteiger partial charge in [-0.15, -0.1) is 0 Å². The van der Waals surface area contributed by atoms with Crippen LogP contribution in [0.1, 0.15) is 66.6 Å². The van der Waals surface area contributed by atoms with Crippen LogP contribution in [0.5, 0.6) is 0 Å². The highest BCUT2D eigenvalue weighted by Gasteiger charge is 2.46. The van der Waals surface area contributed by atoms with E-state index in [-0.39, 0.29) is 28.6 Å². The molecule has 0 heterocycles. The first-order chi connectivity index (χ1) is 30.5. The lowest BCUT2D eigenvalue weighted by atomic mass is 9.67. The summed E-state index contributed by atoms with van der Waals surface area (Å²) in [4.78, 5) is 2.32. The Labute approximate surface area is 345 Å². The topological polar surface area (TPSA) is 3.24 Å². The maximum atomic E-state index is 8.44. The van der Waals surface area contributed by atoms with Crippen molar-refractivity contribution >= 4 is 29.2 Å². The molecule has 8 aromatic carbocycles. The van der Waals surface area contributed by atoms with Crippen molar-refractivity contribution in [3.05, 3.63) is 246 Å². The molecule has 0 saturated carbocycles.